The molecule has 1 aliphatic heterocycles. The molecule has 16 heavy (non-hydrogen) atoms. The molecule has 0 saturated heterocycles. The fourth-order valence-electron chi connectivity index (χ4n) is 2.19. The molecule has 1 aromatic rings. The van der Waals surface area contributed by atoms with Crippen molar-refractivity contribution in [2.45, 2.75) is 26.8 Å². The minimum absolute atomic E-state index is 0.564. The molecule has 2 rings (SSSR count). The van der Waals surface area contributed by atoms with E-state index in [4.69, 9.17) is 5.73 Å². The van der Waals surface area contributed by atoms with Crippen LogP contribution in [0.15, 0.2) is 18.2 Å². The van der Waals surface area contributed by atoms with Crippen molar-refractivity contribution in [3.63, 3.8) is 0 Å². The molecule has 86 valence electrons. The molecule has 1 aromatic heterocycles. The van der Waals surface area contributed by atoms with Gasteiger partial charge >= 0.3 is 0 Å². The second-order valence-electron chi connectivity index (χ2n) is 4.29. The molecular weight excluding hydrogens is 198 g/mol. The monoisotopic (exact) mass is 217 g/mol. The van der Waals surface area contributed by atoms with Gasteiger partial charge < -0.3 is 10.6 Å². The van der Waals surface area contributed by atoms with Crippen LogP contribution in [-0.4, -0.2) is 18.1 Å². The maximum atomic E-state index is 5.82. The molecule has 3 nitrogen and oxygen atoms in total. The van der Waals surface area contributed by atoms with Gasteiger partial charge in [-0.3, -0.25) is 0 Å². The third-order valence-corrected chi connectivity index (χ3v) is 3.02. The van der Waals surface area contributed by atoms with E-state index in [2.05, 4.69) is 35.0 Å². The Labute approximate surface area is 97.0 Å². The van der Waals surface area contributed by atoms with E-state index in [0.717, 1.165) is 31.0 Å². The summed E-state index contributed by atoms with van der Waals surface area (Å²) in [4.78, 5) is 6.95. The van der Waals surface area contributed by atoms with Gasteiger partial charge in [0.05, 0.1) is 0 Å². The number of hydrogen-bond donors (Lipinski definition) is 1. The quantitative estimate of drug-likeness (QED) is 0.770. The molecule has 3 heteroatoms. The van der Waals surface area contributed by atoms with Crippen molar-refractivity contribution in [3.8, 4) is 0 Å². The van der Waals surface area contributed by atoms with Crippen LogP contribution in [0, 0.1) is 13.8 Å². The highest BCUT2D eigenvalue weighted by Gasteiger charge is 2.14. The third kappa shape index (κ3) is 2.09. The van der Waals surface area contributed by atoms with Gasteiger partial charge in [0.15, 0.2) is 0 Å². The second-order valence-corrected chi connectivity index (χ2v) is 4.29. The van der Waals surface area contributed by atoms with E-state index in [1.807, 2.05) is 6.92 Å². The Hall–Kier alpha value is -1.35. The molecule has 0 saturated carbocycles. The maximum absolute atomic E-state index is 5.82. The van der Waals surface area contributed by atoms with E-state index in [-0.39, 0.29) is 0 Å². The summed E-state index contributed by atoms with van der Waals surface area (Å²) in [5, 5.41) is 0. The van der Waals surface area contributed by atoms with Crippen molar-refractivity contribution < 1.29 is 0 Å². The number of rotatable bonds is 2. The van der Waals surface area contributed by atoms with Crippen LogP contribution in [0.1, 0.15) is 23.2 Å². The van der Waals surface area contributed by atoms with Crippen LogP contribution in [0.2, 0.25) is 0 Å². The minimum Gasteiger partial charge on any atom is -0.352 e. The van der Waals surface area contributed by atoms with Crippen LogP contribution in [-0.2, 0) is 6.54 Å². The van der Waals surface area contributed by atoms with Gasteiger partial charge in [-0.1, -0.05) is 12.2 Å². The van der Waals surface area contributed by atoms with E-state index >= 15 is 0 Å². The standard InChI is InChI=1S/C13H19N3/c1-10-8-11(2)15-13(12(10)9-14)16-6-4-3-5-7-16/h3-4,8H,5-7,9,14H2,1-2H3. The molecule has 0 bridgehead atoms. The normalized spacial score (nSPS) is 15.6. The Morgan fingerprint density at radius 3 is 2.81 bits per heavy atom. The minimum atomic E-state index is 0.564. The third-order valence-electron chi connectivity index (χ3n) is 3.02. The van der Waals surface area contributed by atoms with Crippen LogP contribution in [0.25, 0.3) is 0 Å². The van der Waals surface area contributed by atoms with E-state index in [0.29, 0.717) is 6.54 Å². The van der Waals surface area contributed by atoms with E-state index < -0.39 is 0 Å². The van der Waals surface area contributed by atoms with Crippen LogP contribution >= 0.6 is 0 Å². The van der Waals surface area contributed by atoms with E-state index in [1.54, 1.807) is 0 Å². The molecule has 0 radical (unpaired) electrons. The zero-order chi connectivity index (χ0) is 11.5. The average molecular weight is 217 g/mol. The molecule has 0 spiro atoms. The molecular formula is C13H19N3. The first-order valence-corrected chi connectivity index (χ1v) is 5.79. The van der Waals surface area contributed by atoms with Gasteiger partial charge in [-0.2, -0.15) is 0 Å². The Morgan fingerprint density at radius 1 is 1.38 bits per heavy atom. The summed E-state index contributed by atoms with van der Waals surface area (Å²) in [5.41, 5.74) is 9.32. The first kappa shape index (κ1) is 11.1. The summed E-state index contributed by atoms with van der Waals surface area (Å²) in [5.74, 6) is 1.07. The number of nitrogens with zero attached hydrogens (tertiary/aromatic N) is 2. The van der Waals surface area contributed by atoms with Crippen molar-refractivity contribution in [1.29, 1.82) is 0 Å². The van der Waals surface area contributed by atoms with Gasteiger partial charge in [-0.05, 0) is 31.9 Å². The van der Waals surface area contributed by atoms with Gasteiger partial charge in [-0.15, -0.1) is 0 Å². The molecule has 2 N–H and O–H groups in total. The lowest BCUT2D eigenvalue weighted by Crippen LogP contribution is -2.29. The molecule has 0 aromatic carbocycles. The van der Waals surface area contributed by atoms with Crippen LogP contribution in [0.3, 0.4) is 0 Å². The van der Waals surface area contributed by atoms with Crippen molar-refractivity contribution in [2.24, 2.45) is 5.73 Å². The van der Waals surface area contributed by atoms with Crippen LogP contribution in [0.4, 0.5) is 5.82 Å². The zero-order valence-corrected chi connectivity index (χ0v) is 10.0. The lowest BCUT2D eigenvalue weighted by atomic mass is 10.1. The number of pyridine rings is 1. The molecule has 0 unspecified atom stereocenters. The van der Waals surface area contributed by atoms with Crippen molar-refractivity contribution in [1.82, 2.24) is 4.98 Å². The van der Waals surface area contributed by atoms with Crippen molar-refractivity contribution >= 4 is 5.82 Å². The first-order valence-electron chi connectivity index (χ1n) is 5.79. The lowest BCUT2D eigenvalue weighted by molar-refractivity contribution is 0.790. The summed E-state index contributed by atoms with van der Waals surface area (Å²) < 4.78 is 0. The molecule has 0 aliphatic carbocycles. The first-order chi connectivity index (χ1) is 7.72. The molecule has 0 fully saturated rings. The van der Waals surface area contributed by atoms with Gasteiger partial charge in [-0.25, -0.2) is 4.98 Å². The second kappa shape index (κ2) is 4.66. The Morgan fingerprint density at radius 2 is 2.19 bits per heavy atom. The highest BCUT2D eigenvalue weighted by molar-refractivity contribution is 5.52. The number of aromatic nitrogens is 1. The fourth-order valence-corrected chi connectivity index (χ4v) is 2.19. The maximum Gasteiger partial charge on any atom is 0.133 e. The molecule has 0 atom stereocenters. The van der Waals surface area contributed by atoms with Gasteiger partial charge in [0.1, 0.15) is 5.82 Å². The summed E-state index contributed by atoms with van der Waals surface area (Å²) in [7, 11) is 0. The van der Waals surface area contributed by atoms with Crippen molar-refractivity contribution in [3.05, 3.63) is 35.0 Å². The summed E-state index contributed by atoms with van der Waals surface area (Å²) >= 11 is 0. The molecule has 1 aliphatic rings. The number of nitrogens with two attached hydrogens (primary N) is 1. The topological polar surface area (TPSA) is 42.1 Å². The SMILES string of the molecule is Cc1cc(C)c(CN)c(N2CC=CCC2)n1. The lowest BCUT2D eigenvalue weighted by Gasteiger charge is -2.27. The van der Waals surface area contributed by atoms with Crippen LogP contribution in [0.5, 0.6) is 0 Å². The number of anilines is 1. The summed E-state index contributed by atoms with van der Waals surface area (Å²) in [6.45, 7) is 6.70. The number of aryl methyl sites for hydroxylation is 2. The smallest absolute Gasteiger partial charge is 0.133 e. The van der Waals surface area contributed by atoms with Gasteiger partial charge in [0, 0.05) is 30.9 Å². The fraction of sp³-hybridized carbons (Fsp3) is 0.462. The molecule has 2 heterocycles. The Kier molecular flexibility index (Phi) is 3.25. The highest BCUT2D eigenvalue weighted by atomic mass is 15.2. The predicted molar refractivity (Wildman–Crippen MR) is 67.6 cm³/mol. The number of hydrogen-bond acceptors (Lipinski definition) is 3. The Balaban J connectivity index is 2.41. The van der Waals surface area contributed by atoms with Gasteiger partial charge in [0.2, 0.25) is 0 Å². The largest absolute Gasteiger partial charge is 0.352 e. The van der Waals surface area contributed by atoms with E-state index in [1.165, 1.54) is 11.1 Å². The van der Waals surface area contributed by atoms with E-state index in [9.17, 15) is 0 Å². The Bertz CT molecular complexity index is 410. The zero-order valence-electron chi connectivity index (χ0n) is 10.0. The van der Waals surface area contributed by atoms with Crippen molar-refractivity contribution in [2.75, 3.05) is 18.0 Å². The summed E-state index contributed by atoms with van der Waals surface area (Å²) in [6, 6.07) is 2.10. The van der Waals surface area contributed by atoms with Crippen LogP contribution < -0.4 is 10.6 Å². The highest BCUT2D eigenvalue weighted by Crippen LogP contribution is 2.23. The predicted octanol–water partition coefficient (Wildman–Crippen LogP) is 1.92. The van der Waals surface area contributed by atoms with Gasteiger partial charge in [0.25, 0.3) is 0 Å². The average Bonchev–Trinajstić information content (AvgIpc) is 2.29. The summed E-state index contributed by atoms with van der Waals surface area (Å²) in [6.07, 6.45) is 5.52. The molecule has 0 amide bonds.